The van der Waals surface area contributed by atoms with Crippen LogP contribution < -0.4 is 10.1 Å². The Morgan fingerprint density at radius 3 is 2.14 bits per heavy atom. The average Bonchev–Trinajstić information content (AvgIpc) is 3.20. The Labute approximate surface area is 204 Å². The molecule has 0 aliphatic heterocycles. The van der Waals surface area contributed by atoms with Crippen molar-refractivity contribution in [3.8, 4) is 16.9 Å². The molecule has 0 saturated heterocycles. The highest BCUT2D eigenvalue weighted by Gasteiger charge is 2.29. The zero-order valence-electron chi connectivity index (χ0n) is 20.0. The van der Waals surface area contributed by atoms with E-state index in [0.29, 0.717) is 12.1 Å². The minimum atomic E-state index is -0.914. The van der Waals surface area contributed by atoms with Gasteiger partial charge in [0.1, 0.15) is 18.4 Å². The van der Waals surface area contributed by atoms with Gasteiger partial charge in [0.05, 0.1) is 12.8 Å². The van der Waals surface area contributed by atoms with E-state index in [0.717, 1.165) is 33.6 Å². The molecular formula is C28H28N2O5. The van der Waals surface area contributed by atoms with Gasteiger partial charge in [-0.15, -0.1) is 0 Å². The SMILES string of the molecule is COc1ccc(C/C(C)=N/OC(=O)[C@H](C)NC(=O)OCC2c3ccccc3-c3ccccc32)cc1. The van der Waals surface area contributed by atoms with E-state index in [2.05, 4.69) is 22.6 Å². The molecule has 1 aliphatic rings. The maximum atomic E-state index is 12.4. The molecule has 1 amide bonds. The fraction of sp³-hybridized carbons (Fsp3) is 0.250. The molecule has 3 aromatic carbocycles. The van der Waals surface area contributed by atoms with Gasteiger partial charge in [-0.25, -0.2) is 9.59 Å². The molecule has 0 bridgehead atoms. The van der Waals surface area contributed by atoms with Gasteiger partial charge >= 0.3 is 12.1 Å². The Hall–Kier alpha value is -4.13. The highest BCUT2D eigenvalue weighted by atomic mass is 16.7. The van der Waals surface area contributed by atoms with E-state index in [4.69, 9.17) is 14.3 Å². The van der Waals surface area contributed by atoms with Gasteiger partial charge in [0.2, 0.25) is 0 Å². The van der Waals surface area contributed by atoms with Gasteiger partial charge < -0.3 is 19.6 Å². The Morgan fingerprint density at radius 2 is 1.54 bits per heavy atom. The second kappa shape index (κ2) is 10.9. The normalized spacial score (nSPS) is 13.4. The molecule has 1 aliphatic carbocycles. The highest BCUT2D eigenvalue weighted by molar-refractivity contribution is 5.86. The second-order valence-corrected chi connectivity index (χ2v) is 8.45. The molecule has 180 valence electrons. The van der Waals surface area contributed by atoms with Crippen molar-refractivity contribution in [3.05, 3.63) is 89.5 Å². The predicted molar refractivity (Wildman–Crippen MR) is 134 cm³/mol. The lowest BCUT2D eigenvalue weighted by Gasteiger charge is -2.16. The molecule has 7 heteroatoms. The molecular weight excluding hydrogens is 444 g/mol. The Balaban J connectivity index is 1.27. The van der Waals surface area contributed by atoms with Crippen molar-refractivity contribution in [3.63, 3.8) is 0 Å². The van der Waals surface area contributed by atoms with Crippen molar-refractivity contribution in [1.82, 2.24) is 5.32 Å². The first kappa shape index (κ1) is 24.0. The molecule has 3 aromatic rings. The number of fused-ring (bicyclic) bond motifs is 3. The molecule has 0 fully saturated rings. The Bertz CT molecular complexity index is 1190. The number of hydrogen-bond acceptors (Lipinski definition) is 6. The third kappa shape index (κ3) is 5.69. The fourth-order valence-electron chi connectivity index (χ4n) is 4.15. The van der Waals surface area contributed by atoms with E-state index in [1.165, 1.54) is 6.92 Å². The summed E-state index contributed by atoms with van der Waals surface area (Å²) in [5.74, 6) is 0.0381. The molecule has 0 heterocycles. The molecule has 1 N–H and O–H groups in total. The number of methoxy groups -OCH3 is 1. The number of nitrogens with zero attached hydrogens (tertiary/aromatic N) is 1. The van der Waals surface area contributed by atoms with Crippen LogP contribution in [-0.4, -0.2) is 37.5 Å². The quantitative estimate of drug-likeness (QED) is 0.281. The Morgan fingerprint density at radius 1 is 0.943 bits per heavy atom. The fourth-order valence-corrected chi connectivity index (χ4v) is 4.15. The van der Waals surface area contributed by atoms with Crippen molar-refractivity contribution >= 4 is 17.8 Å². The number of alkyl carbamates (subject to hydrolysis) is 1. The Kier molecular flexibility index (Phi) is 7.45. The number of benzene rings is 3. The van der Waals surface area contributed by atoms with Crippen molar-refractivity contribution in [2.45, 2.75) is 32.2 Å². The van der Waals surface area contributed by atoms with Crippen molar-refractivity contribution in [2.75, 3.05) is 13.7 Å². The standard InChI is InChI=1S/C28H28N2O5/c1-18(16-20-12-14-21(33-3)15-13-20)30-35-27(31)19(2)29-28(32)34-17-26-24-10-6-4-8-22(24)23-9-5-7-11-25(23)26/h4-15,19,26H,16-17H2,1-3H3,(H,29,32)/b30-18+/t19-/m0/s1. The number of nitrogens with one attached hydrogen (secondary N) is 1. The topological polar surface area (TPSA) is 86.2 Å². The maximum Gasteiger partial charge on any atom is 0.407 e. The van der Waals surface area contributed by atoms with Crippen molar-refractivity contribution in [2.24, 2.45) is 5.16 Å². The lowest BCUT2D eigenvalue weighted by molar-refractivity contribution is -0.145. The molecule has 0 aromatic heterocycles. The molecule has 7 nitrogen and oxygen atoms in total. The summed E-state index contributed by atoms with van der Waals surface area (Å²) in [5.41, 5.74) is 6.17. The van der Waals surface area contributed by atoms with Gasteiger partial charge in [-0.1, -0.05) is 65.8 Å². The van der Waals surface area contributed by atoms with E-state index in [1.54, 1.807) is 14.0 Å². The zero-order chi connectivity index (χ0) is 24.8. The number of amides is 1. The molecule has 0 spiro atoms. The first-order chi connectivity index (χ1) is 17.0. The monoisotopic (exact) mass is 472 g/mol. The van der Waals surface area contributed by atoms with Crippen LogP contribution in [0.2, 0.25) is 0 Å². The summed E-state index contributed by atoms with van der Waals surface area (Å²) in [6.45, 7) is 3.46. The minimum absolute atomic E-state index is 0.0550. The number of carbonyl (C=O) groups excluding carboxylic acids is 2. The van der Waals surface area contributed by atoms with Crippen LogP contribution in [0, 0.1) is 0 Å². The number of carbonyl (C=O) groups is 2. The summed E-state index contributed by atoms with van der Waals surface area (Å²) in [7, 11) is 1.61. The van der Waals surface area contributed by atoms with Gasteiger partial charge in [0.25, 0.3) is 0 Å². The summed E-state index contributed by atoms with van der Waals surface area (Å²) in [6, 6.07) is 22.8. The first-order valence-electron chi connectivity index (χ1n) is 11.4. The van der Waals surface area contributed by atoms with Crippen LogP contribution in [0.25, 0.3) is 11.1 Å². The van der Waals surface area contributed by atoms with E-state index < -0.39 is 18.1 Å². The van der Waals surface area contributed by atoms with Crippen LogP contribution in [0.15, 0.2) is 78.0 Å². The van der Waals surface area contributed by atoms with Crippen molar-refractivity contribution < 1.29 is 23.9 Å². The lowest BCUT2D eigenvalue weighted by atomic mass is 9.98. The van der Waals surface area contributed by atoms with Gasteiger partial charge in [-0.3, -0.25) is 0 Å². The summed E-state index contributed by atoms with van der Waals surface area (Å²) in [5, 5.41) is 6.41. The lowest BCUT2D eigenvalue weighted by Crippen LogP contribution is -2.39. The molecule has 35 heavy (non-hydrogen) atoms. The summed E-state index contributed by atoms with van der Waals surface area (Å²) in [4.78, 5) is 29.7. The van der Waals surface area contributed by atoms with E-state index in [-0.39, 0.29) is 12.5 Å². The van der Waals surface area contributed by atoms with Gasteiger partial charge in [0.15, 0.2) is 0 Å². The van der Waals surface area contributed by atoms with Crippen LogP contribution in [0.3, 0.4) is 0 Å². The minimum Gasteiger partial charge on any atom is -0.497 e. The molecule has 0 radical (unpaired) electrons. The third-order valence-electron chi connectivity index (χ3n) is 5.94. The van der Waals surface area contributed by atoms with Gasteiger partial charge in [-0.2, -0.15) is 0 Å². The largest absolute Gasteiger partial charge is 0.497 e. The average molecular weight is 473 g/mol. The summed E-state index contributed by atoms with van der Waals surface area (Å²) >= 11 is 0. The molecule has 0 unspecified atom stereocenters. The van der Waals surface area contributed by atoms with Crippen LogP contribution in [0.4, 0.5) is 4.79 Å². The van der Waals surface area contributed by atoms with Crippen LogP contribution in [-0.2, 0) is 20.8 Å². The molecule has 0 saturated carbocycles. The predicted octanol–water partition coefficient (Wildman–Crippen LogP) is 5.08. The van der Waals surface area contributed by atoms with Crippen LogP contribution in [0.1, 0.15) is 36.5 Å². The molecule has 1 atom stereocenters. The third-order valence-corrected chi connectivity index (χ3v) is 5.94. The highest BCUT2D eigenvalue weighted by Crippen LogP contribution is 2.44. The first-order valence-corrected chi connectivity index (χ1v) is 11.4. The second-order valence-electron chi connectivity index (χ2n) is 8.45. The summed E-state index contributed by atoms with van der Waals surface area (Å²) in [6.07, 6.45) is -0.166. The van der Waals surface area contributed by atoms with Crippen LogP contribution >= 0.6 is 0 Å². The van der Waals surface area contributed by atoms with Gasteiger partial charge in [0, 0.05) is 12.3 Å². The summed E-state index contributed by atoms with van der Waals surface area (Å²) < 4.78 is 10.6. The maximum absolute atomic E-state index is 12.4. The van der Waals surface area contributed by atoms with Crippen molar-refractivity contribution in [1.29, 1.82) is 0 Å². The zero-order valence-corrected chi connectivity index (χ0v) is 20.0. The number of rotatable bonds is 8. The number of oxime groups is 1. The van der Waals surface area contributed by atoms with Gasteiger partial charge in [-0.05, 0) is 53.8 Å². The smallest absolute Gasteiger partial charge is 0.407 e. The van der Waals surface area contributed by atoms with Crippen LogP contribution in [0.5, 0.6) is 5.75 Å². The van der Waals surface area contributed by atoms with E-state index in [1.807, 2.05) is 60.7 Å². The molecule has 4 rings (SSSR count). The number of hydrogen-bond donors (Lipinski definition) is 1. The number of ether oxygens (including phenoxy) is 2. The van der Waals surface area contributed by atoms with E-state index in [9.17, 15) is 9.59 Å². The van der Waals surface area contributed by atoms with E-state index >= 15 is 0 Å².